The van der Waals surface area contributed by atoms with Gasteiger partial charge in [-0.1, -0.05) is 13.0 Å². The van der Waals surface area contributed by atoms with Crippen LogP contribution in [0.5, 0.6) is 0 Å². The molecule has 6 nitrogen and oxygen atoms in total. The van der Waals surface area contributed by atoms with Crippen molar-refractivity contribution >= 4 is 33.2 Å². The fourth-order valence-electron chi connectivity index (χ4n) is 2.37. The van der Waals surface area contributed by atoms with Crippen LogP contribution < -0.4 is 4.72 Å². The van der Waals surface area contributed by atoms with E-state index in [2.05, 4.69) is 4.72 Å². The van der Waals surface area contributed by atoms with Crippen LogP contribution in [0.1, 0.15) is 32.6 Å². The predicted octanol–water partition coefficient (Wildman–Crippen LogP) is 1.34. The second-order valence-corrected chi connectivity index (χ2v) is 7.71. The summed E-state index contributed by atoms with van der Waals surface area (Å²) >= 11 is 1.05. The number of sulfonamides is 1. The van der Waals surface area contributed by atoms with Gasteiger partial charge in [-0.15, -0.1) is 11.3 Å². The van der Waals surface area contributed by atoms with Crippen LogP contribution in [-0.4, -0.2) is 37.7 Å². The van der Waals surface area contributed by atoms with E-state index in [-0.39, 0.29) is 10.1 Å². The Labute approximate surface area is 128 Å². The molecule has 21 heavy (non-hydrogen) atoms. The van der Waals surface area contributed by atoms with Crippen molar-refractivity contribution in [2.75, 3.05) is 6.54 Å². The number of nitrogens with one attached hydrogen (secondary N) is 1. The summed E-state index contributed by atoms with van der Waals surface area (Å²) in [5.41, 5.74) is 0. The molecule has 1 aromatic rings. The summed E-state index contributed by atoms with van der Waals surface area (Å²) in [7, 11) is -3.84. The molecule has 2 rings (SSSR count). The lowest BCUT2D eigenvalue weighted by Gasteiger charge is -2.34. The Kier molecular flexibility index (Phi) is 5.00. The number of hydrogen-bond acceptors (Lipinski definition) is 5. The van der Waals surface area contributed by atoms with Gasteiger partial charge in [-0.2, -0.15) is 0 Å². The van der Waals surface area contributed by atoms with Gasteiger partial charge < -0.3 is 4.90 Å². The van der Waals surface area contributed by atoms with E-state index in [9.17, 15) is 18.0 Å². The molecular weight excluding hydrogens is 312 g/mol. The Bertz CT molecular complexity index is 610. The molecule has 2 amide bonds. The van der Waals surface area contributed by atoms with Crippen molar-refractivity contribution in [3.05, 3.63) is 17.5 Å². The second-order valence-electron chi connectivity index (χ2n) is 4.85. The third kappa shape index (κ3) is 3.62. The molecule has 1 N–H and O–H groups in total. The molecule has 1 saturated heterocycles. The van der Waals surface area contributed by atoms with Gasteiger partial charge in [0.25, 0.3) is 15.9 Å². The molecule has 0 radical (unpaired) electrons. The van der Waals surface area contributed by atoms with E-state index in [0.29, 0.717) is 19.4 Å². The molecule has 8 heteroatoms. The van der Waals surface area contributed by atoms with E-state index in [1.165, 1.54) is 11.0 Å². The van der Waals surface area contributed by atoms with Crippen molar-refractivity contribution in [3.63, 3.8) is 0 Å². The van der Waals surface area contributed by atoms with E-state index in [1.807, 2.05) is 0 Å². The van der Waals surface area contributed by atoms with Gasteiger partial charge in [-0.25, -0.2) is 13.1 Å². The highest BCUT2D eigenvalue weighted by Crippen LogP contribution is 2.20. The van der Waals surface area contributed by atoms with Gasteiger partial charge in [-0.3, -0.25) is 9.59 Å². The number of hydrogen-bond donors (Lipinski definition) is 1. The zero-order chi connectivity index (χ0) is 15.5. The van der Waals surface area contributed by atoms with Gasteiger partial charge in [0.2, 0.25) is 5.91 Å². The first kappa shape index (κ1) is 16.0. The fourth-order valence-corrected chi connectivity index (χ4v) is 4.38. The lowest BCUT2D eigenvalue weighted by atomic mass is 10.0. The molecule has 116 valence electrons. The van der Waals surface area contributed by atoms with Crippen LogP contribution in [-0.2, 0) is 19.6 Å². The van der Waals surface area contributed by atoms with Crippen LogP contribution in [0.25, 0.3) is 0 Å². The average molecular weight is 330 g/mol. The lowest BCUT2D eigenvalue weighted by Crippen LogP contribution is -2.52. The van der Waals surface area contributed by atoms with Gasteiger partial charge in [0.05, 0.1) is 0 Å². The van der Waals surface area contributed by atoms with Crippen LogP contribution in [0.15, 0.2) is 21.7 Å². The number of carbonyl (C=O) groups excluding carboxylic acids is 2. The fraction of sp³-hybridized carbons (Fsp3) is 0.538. The largest absolute Gasteiger partial charge is 0.331 e. The molecule has 1 unspecified atom stereocenters. The summed E-state index contributed by atoms with van der Waals surface area (Å²) in [5.74, 6) is -0.742. The summed E-state index contributed by atoms with van der Waals surface area (Å²) in [5, 5.41) is 1.63. The third-order valence-electron chi connectivity index (χ3n) is 3.42. The quantitative estimate of drug-likeness (QED) is 0.903. The topological polar surface area (TPSA) is 83.6 Å². The van der Waals surface area contributed by atoms with E-state index in [1.54, 1.807) is 18.4 Å². The summed E-state index contributed by atoms with van der Waals surface area (Å²) in [6.07, 6.45) is 2.46. The number of thiophene rings is 1. The van der Waals surface area contributed by atoms with E-state index in [4.69, 9.17) is 0 Å². The monoisotopic (exact) mass is 330 g/mol. The van der Waals surface area contributed by atoms with E-state index >= 15 is 0 Å². The number of piperidine rings is 1. The number of rotatable bonds is 4. The first-order chi connectivity index (χ1) is 9.95. The maximum absolute atomic E-state index is 12.3. The maximum Gasteiger partial charge on any atom is 0.273 e. The molecule has 1 atom stereocenters. The maximum atomic E-state index is 12.3. The van der Waals surface area contributed by atoms with Gasteiger partial charge >= 0.3 is 0 Å². The summed E-state index contributed by atoms with van der Waals surface area (Å²) in [6.45, 7) is 2.23. The first-order valence-electron chi connectivity index (χ1n) is 6.85. The minimum atomic E-state index is -3.84. The third-order valence-corrected chi connectivity index (χ3v) is 6.17. The van der Waals surface area contributed by atoms with Crippen LogP contribution in [0.2, 0.25) is 0 Å². The van der Waals surface area contributed by atoms with Crippen molar-refractivity contribution in [3.8, 4) is 0 Å². The van der Waals surface area contributed by atoms with Crippen LogP contribution >= 0.6 is 11.3 Å². The predicted molar refractivity (Wildman–Crippen MR) is 79.3 cm³/mol. The minimum Gasteiger partial charge on any atom is -0.331 e. The Balaban J connectivity index is 2.13. The zero-order valence-corrected chi connectivity index (χ0v) is 13.4. The smallest absolute Gasteiger partial charge is 0.273 e. The molecule has 0 bridgehead atoms. The standard InChI is InChI=1S/C13H18N2O4S2/c1-2-11(16)15-8-4-3-6-10(15)13(17)14-21(18,19)12-7-5-9-20-12/h5,7,9-10H,2-4,6,8H2,1H3,(H,14,17). The number of nitrogens with zero attached hydrogens (tertiary/aromatic N) is 1. The molecule has 0 spiro atoms. The van der Waals surface area contributed by atoms with Crippen molar-refractivity contribution in [1.82, 2.24) is 9.62 Å². The van der Waals surface area contributed by atoms with Crippen molar-refractivity contribution in [2.24, 2.45) is 0 Å². The van der Waals surface area contributed by atoms with Crippen molar-refractivity contribution in [1.29, 1.82) is 0 Å². The van der Waals surface area contributed by atoms with E-state index in [0.717, 1.165) is 24.2 Å². The lowest BCUT2D eigenvalue weighted by molar-refractivity contribution is -0.141. The summed E-state index contributed by atoms with van der Waals surface area (Å²) < 4.78 is 26.3. The molecule has 1 fully saturated rings. The van der Waals surface area contributed by atoms with Crippen LogP contribution in [0, 0.1) is 0 Å². The van der Waals surface area contributed by atoms with Crippen molar-refractivity contribution in [2.45, 2.75) is 42.9 Å². The number of amides is 2. The first-order valence-corrected chi connectivity index (χ1v) is 9.21. The molecule has 1 aliphatic heterocycles. The van der Waals surface area contributed by atoms with Crippen molar-refractivity contribution < 1.29 is 18.0 Å². The molecule has 0 aromatic carbocycles. The Hall–Kier alpha value is -1.41. The molecule has 2 heterocycles. The molecule has 1 aliphatic rings. The highest BCUT2D eigenvalue weighted by Gasteiger charge is 2.33. The van der Waals surface area contributed by atoms with Gasteiger partial charge in [-0.05, 0) is 30.7 Å². The molecular formula is C13H18N2O4S2. The normalized spacial score (nSPS) is 19.3. The van der Waals surface area contributed by atoms with E-state index < -0.39 is 22.0 Å². The Morgan fingerprint density at radius 3 is 2.81 bits per heavy atom. The zero-order valence-electron chi connectivity index (χ0n) is 11.7. The van der Waals surface area contributed by atoms with Gasteiger partial charge in [0.1, 0.15) is 10.3 Å². The molecule has 0 aliphatic carbocycles. The van der Waals surface area contributed by atoms with Gasteiger partial charge in [0.15, 0.2) is 0 Å². The highest BCUT2D eigenvalue weighted by atomic mass is 32.2. The highest BCUT2D eigenvalue weighted by molar-refractivity contribution is 7.92. The average Bonchev–Trinajstić information content (AvgIpc) is 3.01. The Morgan fingerprint density at radius 1 is 1.43 bits per heavy atom. The minimum absolute atomic E-state index is 0.0972. The Morgan fingerprint density at radius 2 is 2.19 bits per heavy atom. The molecule has 1 aromatic heterocycles. The van der Waals surface area contributed by atoms with Crippen LogP contribution in [0.3, 0.4) is 0 Å². The summed E-state index contributed by atoms with van der Waals surface area (Å²) in [4.78, 5) is 25.6. The SMILES string of the molecule is CCC(=O)N1CCCCC1C(=O)NS(=O)(=O)c1cccs1. The van der Waals surface area contributed by atoms with Gasteiger partial charge in [0, 0.05) is 13.0 Å². The number of likely N-dealkylation sites (tertiary alicyclic amines) is 1. The summed E-state index contributed by atoms with van der Waals surface area (Å²) in [6, 6.07) is 2.36. The van der Waals surface area contributed by atoms with Crippen LogP contribution in [0.4, 0.5) is 0 Å². The second kappa shape index (κ2) is 6.57. The molecule has 0 saturated carbocycles. The number of carbonyl (C=O) groups is 2.